The molecular formula is C6H7NOS2. The molecule has 0 aliphatic rings. The Morgan fingerprint density at radius 1 is 1.80 bits per heavy atom. The minimum atomic E-state index is -0.0614. The zero-order valence-corrected chi connectivity index (χ0v) is 7.13. The van der Waals surface area contributed by atoms with Gasteiger partial charge in [0.1, 0.15) is 0 Å². The summed E-state index contributed by atoms with van der Waals surface area (Å²) in [5.74, 6) is -0.0614. The van der Waals surface area contributed by atoms with Crippen LogP contribution in [0.5, 0.6) is 0 Å². The first-order valence-corrected chi connectivity index (χ1v) is 4.07. The SMILES string of the molecule is CC(=O)Nc1ccsc1S. The topological polar surface area (TPSA) is 29.1 Å². The van der Waals surface area contributed by atoms with E-state index in [9.17, 15) is 4.79 Å². The van der Waals surface area contributed by atoms with E-state index in [-0.39, 0.29) is 5.91 Å². The lowest BCUT2D eigenvalue weighted by atomic mass is 10.5. The summed E-state index contributed by atoms with van der Waals surface area (Å²) in [5.41, 5.74) is 0.792. The van der Waals surface area contributed by atoms with Crippen molar-refractivity contribution in [3.8, 4) is 0 Å². The Labute approximate surface area is 68.7 Å². The van der Waals surface area contributed by atoms with E-state index in [0.29, 0.717) is 0 Å². The zero-order chi connectivity index (χ0) is 7.56. The molecule has 1 N–H and O–H groups in total. The van der Waals surface area contributed by atoms with Gasteiger partial charge in [-0.3, -0.25) is 4.79 Å². The highest BCUT2D eigenvalue weighted by atomic mass is 32.2. The molecule has 0 unspecified atom stereocenters. The van der Waals surface area contributed by atoms with Crippen LogP contribution >= 0.6 is 24.0 Å². The van der Waals surface area contributed by atoms with E-state index in [1.807, 2.05) is 11.4 Å². The molecule has 0 aliphatic heterocycles. The number of rotatable bonds is 1. The van der Waals surface area contributed by atoms with E-state index in [4.69, 9.17) is 0 Å². The predicted octanol–water partition coefficient (Wildman–Crippen LogP) is 2.00. The highest BCUT2D eigenvalue weighted by Gasteiger charge is 1.99. The van der Waals surface area contributed by atoms with Crippen LogP contribution in [-0.4, -0.2) is 5.91 Å². The van der Waals surface area contributed by atoms with Crippen molar-refractivity contribution >= 4 is 35.6 Å². The largest absolute Gasteiger partial charge is 0.325 e. The number of thiophene rings is 1. The Hall–Kier alpha value is -0.480. The number of nitrogens with one attached hydrogen (secondary N) is 1. The van der Waals surface area contributed by atoms with Crippen LogP contribution in [0.15, 0.2) is 15.7 Å². The minimum Gasteiger partial charge on any atom is -0.325 e. The Kier molecular flexibility index (Phi) is 2.34. The Morgan fingerprint density at radius 3 is 2.90 bits per heavy atom. The van der Waals surface area contributed by atoms with Gasteiger partial charge in [-0.15, -0.1) is 24.0 Å². The number of anilines is 1. The van der Waals surface area contributed by atoms with Crippen molar-refractivity contribution in [2.45, 2.75) is 11.1 Å². The molecule has 1 heterocycles. The molecule has 1 aromatic rings. The predicted molar refractivity (Wildman–Crippen MR) is 45.9 cm³/mol. The third-order valence-electron chi connectivity index (χ3n) is 0.955. The van der Waals surface area contributed by atoms with Gasteiger partial charge in [-0.2, -0.15) is 0 Å². The summed E-state index contributed by atoms with van der Waals surface area (Å²) in [6.07, 6.45) is 0. The maximum absolute atomic E-state index is 10.5. The molecule has 1 rings (SSSR count). The van der Waals surface area contributed by atoms with Crippen molar-refractivity contribution in [1.82, 2.24) is 0 Å². The van der Waals surface area contributed by atoms with Crippen molar-refractivity contribution in [3.63, 3.8) is 0 Å². The third kappa shape index (κ3) is 1.75. The number of amides is 1. The van der Waals surface area contributed by atoms with E-state index < -0.39 is 0 Å². The summed E-state index contributed by atoms with van der Waals surface area (Å²) in [7, 11) is 0. The van der Waals surface area contributed by atoms with Gasteiger partial charge in [-0.25, -0.2) is 0 Å². The highest BCUT2D eigenvalue weighted by Crippen LogP contribution is 2.25. The normalized spacial score (nSPS) is 9.40. The third-order valence-corrected chi connectivity index (χ3v) is 2.23. The van der Waals surface area contributed by atoms with Crippen molar-refractivity contribution in [2.75, 3.05) is 5.32 Å². The van der Waals surface area contributed by atoms with Gasteiger partial charge in [0, 0.05) is 6.92 Å². The van der Waals surface area contributed by atoms with Crippen molar-refractivity contribution < 1.29 is 4.79 Å². The van der Waals surface area contributed by atoms with Gasteiger partial charge in [0.05, 0.1) is 9.90 Å². The average molecular weight is 173 g/mol. The van der Waals surface area contributed by atoms with Crippen LogP contribution in [0, 0.1) is 0 Å². The Balaban J connectivity index is 2.74. The molecule has 0 fully saturated rings. The molecule has 0 bridgehead atoms. The van der Waals surface area contributed by atoms with Crippen molar-refractivity contribution in [2.24, 2.45) is 0 Å². The van der Waals surface area contributed by atoms with Gasteiger partial charge in [0.25, 0.3) is 0 Å². The number of carbonyl (C=O) groups excluding carboxylic acids is 1. The van der Waals surface area contributed by atoms with Gasteiger partial charge in [0.2, 0.25) is 5.91 Å². The number of carbonyl (C=O) groups is 1. The van der Waals surface area contributed by atoms with Crippen LogP contribution in [0.25, 0.3) is 0 Å². The highest BCUT2D eigenvalue weighted by molar-refractivity contribution is 7.83. The van der Waals surface area contributed by atoms with Gasteiger partial charge in [0.15, 0.2) is 0 Å². The van der Waals surface area contributed by atoms with Gasteiger partial charge >= 0.3 is 0 Å². The fourth-order valence-electron chi connectivity index (χ4n) is 0.586. The second-order valence-corrected chi connectivity index (χ2v) is 3.49. The first-order valence-electron chi connectivity index (χ1n) is 2.74. The molecule has 1 aromatic heterocycles. The number of hydrogen-bond donors (Lipinski definition) is 2. The lowest BCUT2D eigenvalue weighted by molar-refractivity contribution is -0.114. The van der Waals surface area contributed by atoms with Crippen LogP contribution in [0.4, 0.5) is 5.69 Å². The van der Waals surface area contributed by atoms with Gasteiger partial charge in [-0.05, 0) is 11.4 Å². The van der Waals surface area contributed by atoms with E-state index in [1.165, 1.54) is 18.3 Å². The van der Waals surface area contributed by atoms with E-state index in [1.54, 1.807) is 0 Å². The summed E-state index contributed by atoms with van der Waals surface area (Å²) >= 11 is 5.62. The maximum atomic E-state index is 10.5. The average Bonchev–Trinajstić information content (AvgIpc) is 2.15. The summed E-state index contributed by atoms with van der Waals surface area (Å²) < 4.78 is 0.843. The van der Waals surface area contributed by atoms with Crippen LogP contribution in [0.3, 0.4) is 0 Å². The standard InChI is InChI=1S/C6H7NOS2/c1-4(8)7-5-2-3-10-6(5)9/h2-3,9H,1H3,(H,7,8). The van der Waals surface area contributed by atoms with Gasteiger partial charge in [-0.1, -0.05) is 0 Å². The number of thiol groups is 1. The lowest BCUT2D eigenvalue weighted by Crippen LogP contribution is -2.04. The number of hydrogen-bond acceptors (Lipinski definition) is 3. The lowest BCUT2D eigenvalue weighted by Gasteiger charge is -1.96. The summed E-state index contributed by atoms with van der Waals surface area (Å²) in [4.78, 5) is 10.5. The Bertz CT molecular complexity index is 244. The molecule has 0 aliphatic carbocycles. The molecule has 2 nitrogen and oxygen atoms in total. The van der Waals surface area contributed by atoms with Crippen LogP contribution < -0.4 is 5.32 Å². The second kappa shape index (κ2) is 3.07. The molecule has 1 amide bonds. The molecule has 0 saturated heterocycles. The Morgan fingerprint density at radius 2 is 2.50 bits per heavy atom. The monoisotopic (exact) mass is 173 g/mol. The van der Waals surface area contributed by atoms with Crippen molar-refractivity contribution in [1.29, 1.82) is 0 Å². The maximum Gasteiger partial charge on any atom is 0.221 e. The molecule has 0 spiro atoms. The summed E-state index contributed by atoms with van der Waals surface area (Å²) in [6.45, 7) is 1.48. The van der Waals surface area contributed by atoms with Gasteiger partial charge < -0.3 is 5.32 Å². The molecule has 0 atom stereocenters. The van der Waals surface area contributed by atoms with E-state index in [0.717, 1.165) is 9.90 Å². The first-order chi connectivity index (χ1) is 4.70. The van der Waals surface area contributed by atoms with E-state index in [2.05, 4.69) is 17.9 Å². The second-order valence-electron chi connectivity index (χ2n) is 1.82. The molecule has 10 heavy (non-hydrogen) atoms. The minimum absolute atomic E-state index is 0.0614. The van der Waals surface area contributed by atoms with Crippen molar-refractivity contribution in [3.05, 3.63) is 11.4 Å². The first kappa shape index (κ1) is 7.63. The quantitative estimate of drug-likeness (QED) is 0.625. The van der Waals surface area contributed by atoms with Crippen LogP contribution in [0.2, 0.25) is 0 Å². The molecule has 0 aromatic carbocycles. The molecule has 54 valence electrons. The van der Waals surface area contributed by atoms with E-state index >= 15 is 0 Å². The van der Waals surface area contributed by atoms with Crippen LogP contribution in [0.1, 0.15) is 6.92 Å². The zero-order valence-electron chi connectivity index (χ0n) is 5.42. The summed E-state index contributed by atoms with van der Waals surface area (Å²) in [6, 6.07) is 1.83. The molecule has 4 heteroatoms. The fraction of sp³-hybridized carbons (Fsp3) is 0.167. The fourth-order valence-corrected chi connectivity index (χ4v) is 1.48. The smallest absolute Gasteiger partial charge is 0.221 e. The molecule has 0 radical (unpaired) electrons. The molecule has 0 saturated carbocycles. The summed E-state index contributed by atoms with van der Waals surface area (Å²) in [5, 5.41) is 4.53. The molecular weight excluding hydrogens is 166 g/mol. The van der Waals surface area contributed by atoms with Crippen LogP contribution in [-0.2, 0) is 4.79 Å².